The predicted octanol–water partition coefficient (Wildman–Crippen LogP) is 0.661. The van der Waals surface area contributed by atoms with Crippen molar-refractivity contribution >= 4 is 17.0 Å². The number of aryl methyl sites for hydroxylation is 2. The number of likely N-dealkylation sites (tertiary alicyclic amines) is 1. The molecule has 1 saturated heterocycles. The van der Waals surface area contributed by atoms with E-state index in [0.29, 0.717) is 17.9 Å². The smallest absolute Gasteiger partial charge is 0.265 e. The second-order valence-electron chi connectivity index (χ2n) is 5.68. The molecular weight excluding hydrogens is 284 g/mol. The summed E-state index contributed by atoms with van der Waals surface area (Å²) in [6, 6.07) is 0. The zero-order chi connectivity index (χ0) is 15.7. The number of nitrogens with zero attached hydrogens (tertiary/aromatic N) is 3. The zero-order valence-electron chi connectivity index (χ0n) is 12.9. The van der Waals surface area contributed by atoms with Crippen molar-refractivity contribution in [3.05, 3.63) is 28.0 Å². The van der Waals surface area contributed by atoms with Crippen LogP contribution in [0.3, 0.4) is 0 Å². The van der Waals surface area contributed by atoms with Crippen LogP contribution in [0.1, 0.15) is 29.0 Å². The summed E-state index contributed by atoms with van der Waals surface area (Å²) in [5.41, 5.74) is 0.238. The van der Waals surface area contributed by atoms with E-state index < -0.39 is 0 Å². The normalized spacial score (nSPS) is 15.5. The minimum Gasteiger partial charge on any atom is -0.442 e. The van der Waals surface area contributed by atoms with Gasteiger partial charge < -0.3 is 19.2 Å². The molecule has 1 fully saturated rings. The lowest BCUT2D eigenvalue weighted by molar-refractivity contribution is 0.0949. The molecule has 0 unspecified atom stereocenters. The molecular formula is C15H20N4O3. The Balaban J connectivity index is 1.79. The molecule has 3 heterocycles. The number of hydrogen-bond acceptors (Lipinski definition) is 5. The number of furan rings is 1. The van der Waals surface area contributed by atoms with Crippen molar-refractivity contribution in [1.82, 2.24) is 19.8 Å². The van der Waals surface area contributed by atoms with E-state index in [4.69, 9.17) is 4.42 Å². The van der Waals surface area contributed by atoms with Gasteiger partial charge in [-0.2, -0.15) is 0 Å². The highest BCUT2D eigenvalue weighted by Gasteiger charge is 2.22. The number of fused-ring (bicyclic) bond motifs is 1. The van der Waals surface area contributed by atoms with Gasteiger partial charge in [-0.1, -0.05) is 0 Å². The molecule has 0 aromatic carbocycles. The quantitative estimate of drug-likeness (QED) is 0.897. The molecule has 2 aromatic rings. The lowest BCUT2D eigenvalue weighted by Crippen LogP contribution is -2.34. The van der Waals surface area contributed by atoms with Crippen molar-refractivity contribution in [1.29, 1.82) is 0 Å². The van der Waals surface area contributed by atoms with Crippen LogP contribution in [0.2, 0.25) is 0 Å². The topological polar surface area (TPSA) is 80.4 Å². The molecule has 22 heavy (non-hydrogen) atoms. The minimum absolute atomic E-state index is 0.213. The van der Waals surface area contributed by atoms with Crippen LogP contribution in [-0.4, -0.2) is 46.5 Å². The third-order valence-corrected chi connectivity index (χ3v) is 4.09. The molecule has 3 rings (SSSR count). The Morgan fingerprint density at radius 1 is 1.41 bits per heavy atom. The monoisotopic (exact) mass is 304 g/mol. The third-order valence-electron chi connectivity index (χ3n) is 4.09. The molecule has 7 nitrogen and oxygen atoms in total. The average Bonchev–Trinajstić information content (AvgIpc) is 3.10. The van der Waals surface area contributed by atoms with Crippen molar-refractivity contribution < 1.29 is 9.21 Å². The molecule has 1 aliphatic rings. The van der Waals surface area contributed by atoms with Crippen LogP contribution in [-0.2, 0) is 7.05 Å². The van der Waals surface area contributed by atoms with Gasteiger partial charge in [0.05, 0.1) is 5.56 Å². The number of aromatic nitrogens is 2. The maximum absolute atomic E-state index is 12.4. The first kappa shape index (κ1) is 14.8. The van der Waals surface area contributed by atoms with Gasteiger partial charge in [0.25, 0.3) is 11.5 Å². The standard InChI is InChI=1S/C15H20N4O3/c1-10-11(12-14(22-10)17-9-18(2)15(12)21)13(20)16-5-8-19-6-3-4-7-19/h9H,3-8H2,1-2H3,(H,16,20). The Morgan fingerprint density at radius 3 is 2.86 bits per heavy atom. The van der Waals surface area contributed by atoms with Crippen molar-refractivity contribution in [2.45, 2.75) is 19.8 Å². The Labute approximate surface area is 127 Å². The van der Waals surface area contributed by atoms with Crippen LogP contribution in [0.4, 0.5) is 0 Å². The summed E-state index contributed by atoms with van der Waals surface area (Å²) in [7, 11) is 1.60. The van der Waals surface area contributed by atoms with Crippen LogP contribution < -0.4 is 10.9 Å². The van der Waals surface area contributed by atoms with Gasteiger partial charge in [-0.05, 0) is 32.9 Å². The molecule has 2 aromatic heterocycles. The average molecular weight is 304 g/mol. The Bertz CT molecular complexity index is 756. The maximum atomic E-state index is 12.4. The molecule has 0 aliphatic carbocycles. The molecule has 7 heteroatoms. The highest BCUT2D eigenvalue weighted by atomic mass is 16.3. The van der Waals surface area contributed by atoms with Crippen LogP contribution in [0.15, 0.2) is 15.5 Å². The van der Waals surface area contributed by atoms with Gasteiger partial charge in [-0.3, -0.25) is 9.59 Å². The fraction of sp³-hybridized carbons (Fsp3) is 0.533. The van der Waals surface area contributed by atoms with Gasteiger partial charge in [0.1, 0.15) is 17.5 Å². The summed E-state index contributed by atoms with van der Waals surface area (Å²) < 4.78 is 6.79. The molecule has 0 atom stereocenters. The largest absolute Gasteiger partial charge is 0.442 e. The van der Waals surface area contributed by atoms with Crippen molar-refractivity contribution in [3.8, 4) is 0 Å². The molecule has 0 spiro atoms. The number of nitrogens with one attached hydrogen (secondary N) is 1. The number of amides is 1. The lowest BCUT2D eigenvalue weighted by Gasteiger charge is -2.14. The maximum Gasteiger partial charge on any atom is 0.265 e. The third kappa shape index (κ3) is 2.64. The first-order valence-electron chi connectivity index (χ1n) is 7.53. The van der Waals surface area contributed by atoms with E-state index in [9.17, 15) is 9.59 Å². The van der Waals surface area contributed by atoms with Crippen molar-refractivity contribution in [3.63, 3.8) is 0 Å². The zero-order valence-corrected chi connectivity index (χ0v) is 12.9. The van der Waals surface area contributed by atoms with Gasteiger partial charge in [0.2, 0.25) is 5.71 Å². The van der Waals surface area contributed by atoms with Crippen LogP contribution in [0.25, 0.3) is 11.1 Å². The SMILES string of the molecule is Cc1oc2ncn(C)c(=O)c2c1C(=O)NCCN1CCCC1. The summed E-state index contributed by atoms with van der Waals surface area (Å²) in [4.78, 5) is 31.0. The minimum atomic E-state index is -0.277. The Morgan fingerprint density at radius 2 is 2.14 bits per heavy atom. The number of carbonyl (C=O) groups is 1. The van der Waals surface area contributed by atoms with Gasteiger partial charge in [-0.15, -0.1) is 0 Å². The van der Waals surface area contributed by atoms with E-state index in [2.05, 4.69) is 15.2 Å². The summed E-state index contributed by atoms with van der Waals surface area (Å²) in [5, 5.41) is 3.13. The van der Waals surface area contributed by atoms with Gasteiger partial charge in [0.15, 0.2) is 0 Å². The lowest BCUT2D eigenvalue weighted by atomic mass is 10.2. The van der Waals surface area contributed by atoms with Crippen LogP contribution in [0.5, 0.6) is 0 Å². The number of rotatable bonds is 4. The van der Waals surface area contributed by atoms with Crippen molar-refractivity contribution in [2.75, 3.05) is 26.2 Å². The van der Waals surface area contributed by atoms with Crippen molar-refractivity contribution in [2.24, 2.45) is 7.05 Å². The Kier molecular flexibility index (Phi) is 3.98. The molecule has 1 N–H and O–H groups in total. The van der Waals surface area contributed by atoms with Crippen LogP contribution >= 0.6 is 0 Å². The molecule has 0 saturated carbocycles. The van der Waals surface area contributed by atoms with E-state index in [0.717, 1.165) is 19.6 Å². The van der Waals surface area contributed by atoms with E-state index in [1.807, 2.05) is 0 Å². The van der Waals surface area contributed by atoms with E-state index in [1.165, 1.54) is 23.7 Å². The summed E-state index contributed by atoms with van der Waals surface area (Å²) in [6.07, 6.45) is 3.84. The van der Waals surface area contributed by atoms with Crippen LogP contribution in [0, 0.1) is 6.92 Å². The second-order valence-corrected chi connectivity index (χ2v) is 5.68. The summed E-state index contributed by atoms with van der Waals surface area (Å²) >= 11 is 0. The van der Waals surface area contributed by atoms with Gasteiger partial charge in [0, 0.05) is 20.1 Å². The highest BCUT2D eigenvalue weighted by Crippen LogP contribution is 2.20. The fourth-order valence-electron chi connectivity index (χ4n) is 2.88. The molecule has 118 valence electrons. The Hall–Kier alpha value is -2.15. The van der Waals surface area contributed by atoms with Gasteiger partial charge >= 0.3 is 0 Å². The molecule has 0 bridgehead atoms. The molecule has 1 aliphatic heterocycles. The number of carbonyl (C=O) groups excluding carboxylic acids is 1. The second kappa shape index (κ2) is 5.92. The first-order valence-corrected chi connectivity index (χ1v) is 7.53. The first-order chi connectivity index (χ1) is 10.6. The predicted molar refractivity (Wildman–Crippen MR) is 82.0 cm³/mol. The molecule has 0 radical (unpaired) electrons. The van der Waals surface area contributed by atoms with E-state index >= 15 is 0 Å². The summed E-state index contributed by atoms with van der Waals surface area (Å²) in [6.45, 7) is 5.25. The molecule has 1 amide bonds. The van der Waals surface area contributed by atoms with Gasteiger partial charge in [-0.25, -0.2) is 4.98 Å². The number of hydrogen-bond donors (Lipinski definition) is 1. The van der Waals surface area contributed by atoms with E-state index in [-0.39, 0.29) is 22.6 Å². The highest BCUT2D eigenvalue weighted by molar-refractivity contribution is 6.06. The van der Waals surface area contributed by atoms with E-state index in [1.54, 1.807) is 14.0 Å². The fourth-order valence-corrected chi connectivity index (χ4v) is 2.88. The summed E-state index contributed by atoms with van der Waals surface area (Å²) in [5.74, 6) is 0.144.